The lowest BCUT2D eigenvalue weighted by atomic mass is 10.1. The molecule has 130 valence electrons. The molecule has 1 aromatic heterocycles. The Balaban J connectivity index is 1.81. The Hall–Kier alpha value is -2.94. The minimum absolute atomic E-state index is 0.0162. The summed E-state index contributed by atoms with van der Waals surface area (Å²) in [5.41, 5.74) is 0. The van der Waals surface area contributed by atoms with E-state index in [0.29, 0.717) is 0 Å². The maximum Gasteiger partial charge on any atom is 0.264 e. The zero-order valence-corrected chi connectivity index (χ0v) is 14.6. The van der Waals surface area contributed by atoms with E-state index in [1.807, 2.05) is 24.3 Å². The molecule has 0 bridgehead atoms. The van der Waals surface area contributed by atoms with E-state index >= 15 is 0 Å². The van der Waals surface area contributed by atoms with Crippen LogP contribution in [-0.2, 0) is 21.4 Å². The largest absolute Gasteiger partial charge is 0.347 e. The third-order valence-corrected chi connectivity index (χ3v) is 4.92. The van der Waals surface area contributed by atoms with E-state index in [1.165, 1.54) is 22.0 Å². The highest BCUT2D eigenvalue weighted by Gasteiger charge is 2.17. The molecule has 0 saturated carbocycles. The van der Waals surface area contributed by atoms with Crippen LogP contribution in [-0.4, -0.2) is 48.1 Å². The van der Waals surface area contributed by atoms with Gasteiger partial charge < -0.3 is 4.90 Å². The van der Waals surface area contributed by atoms with Crippen LogP contribution in [0.1, 0.15) is 0 Å². The number of amides is 1. The summed E-state index contributed by atoms with van der Waals surface area (Å²) in [6, 6.07) is 12.3. The molecule has 2 aromatic carbocycles. The number of sulfonamides is 1. The van der Waals surface area contributed by atoms with Crippen LogP contribution in [0.5, 0.6) is 0 Å². The van der Waals surface area contributed by atoms with Crippen molar-refractivity contribution in [2.45, 2.75) is 11.4 Å². The van der Waals surface area contributed by atoms with Gasteiger partial charge in [-0.15, -0.1) is 5.10 Å². The zero-order chi connectivity index (χ0) is 18.0. The second-order valence-electron chi connectivity index (χ2n) is 5.67. The van der Waals surface area contributed by atoms with E-state index in [0.717, 1.165) is 10.8 Å². The van der Waals surface area contributed by atoms with Gasteiger partial charge >= 0.3 is 0 Å². The van der Waals surface area contributed by atoms with Crippen LogP contribution in [0.4, 0.5) is 5.95 Å². The molecule has 0 unspecified atom stereocenters. The second kappa shape index (κ2) is 6.52. The van der Waals surface area contributed by atoms with Crippen LogP contribution in [0.3, 0.4) is 0 Å². The molecule has 1 N–H and O–H groups in total. The van der Waals surface area contributed by atoms with Gasteiger partial charge in [0.15, 0.2) is 0 Å². The van der Waals surface area contributed by atoms with E-state index in [2.05, 4.69) is 14.8 Å². The van der Waals surface area contributed by atoms with Crippen LogP contribution >= 0.6 is 0 Å². The summed E-state index contributed by atoms with van der Waals surface area (Å²) in [6.45, 7) is -0.0162. The first-order chi connectivity index (χ1) is 11.8. The lowest BCUT2D eigenvalue weighted by Crippen LogP contribution is -2.26. The van der Waals surface area contributed by atoms with Gasteiger partial charge in [0, 0.05) is 14.1 Å². The molecule has 25 heavy (non-hydrogen) atoms. The van der Waals surface area contributed by atoms with Gasteiger partial charge in [0.05, 0.1) is 4.90 Å². The fourth-order valence-corrected chi connectivity index (χ4v) is 3.19. The quantitative estimate of drug-likeness (QED) is 0.741. The Labute approximate surface area is 145 Å². The standard InChI is InChI=1S/C16H17N5O3S/c1-20(2)15(22)10-21-11-17-16(18-21)19-25(23,24)14-8-7-12-5-3-4-6-13(12)9-14/h3-9,11H,10H2,1-2H3,(H,18,19). The van der Waals surface area contributed by atoms with Crippen molar-refractivity contribution in [3.05, 3.63) is 48.8 Å². The van der Waals surface area contributed by atoms with Crippen LogP contribution in [0.25, 0.3) is 10.8 Å². The normalized spacial score (nSPS) is 11.4. The molecule has 0 aliphatic rings. The van der Waals surface area contributed by atoms with Gasteiger partial charge in [0.25, 0.3) is 16.0 Å². The van der Waals surface area contributed by atoms with Crippen molar-refractivity contribution in [3.63, 3.8) is 0 Å². The van der Waals surface area contributed by atoms with Crippen molar-refractivity contribution in [2.75, 3.05) is 18.8 Å². The number of likely N-dealkylation sites (N-methyl/N-ethyl adjacent to an activating group) is 1. The first kappa shape index (κ1) is 16.9. The van der Waals surface area contributed by atoms with E-state index in [9.17, 15) is 13.2 Å². The minimum Gasteiger partial charge on any atom is -0.347 e. The summed E-state index contributed by atoms with van der Waals surface area (Å²) in [7, 11) is -0.565. The molecule has 1 amide bonds. The summed E-state index contributed by atoms with van der Waals surface area (Å²) in [6.07, 6.45) is 1.31. The third-order valence-electron chi connectivity index (χ3n) is 3.59. The predicted octanol–water partition coefficient (Wildman–Crippen LogP) is 1.32. The van der Waals surface area contributed by atoms with Gasteiger partial charge in [-0.1, -0.05) is 30.3 Å². The first-order valence-corrected chi connectivity index (χ1v) is 8.95. The number of nitrogens with one attached hydrogen (secondary N) is 1. The summed E-state index contributed by atoms with van der Waals surface area (Å²) < 4.78 is 28.6. The molecule has 8 nitrogen and oxygen atoms in total. The second-order valence-corrected chi connectivity index (χ2v) is 7.35. The Morgan fingerprint density at radius 2 is 1.88 bits per heavy atom. The third kappa shape index (κ3) is 3.77. The van der Waals surface area contributed by atoms with Crippen LogP contribution < -0.4 is 4.72 Å². The summed E-state index contributed by atoms with van der Waals surface area (Å²) in [4.78, 5) is 17.1. The van der Waals surface area contributed by atoms with Crippen LogP contribution in [0, 0.1) is 0 Å². The molecule has 0 aliphatic carbocycles. The molecule has 0 spiro atoms. The lowest BCUT2D eigenvalue weighted by Gasteiger charge is -2.09. The molecule has 0 fully saturated rings. The molecule has 1 heterocycles. The highest BCUT2D eigenvalue weighted by atomic mass is 32.2. The van der Waals surface area contributed by atoms with Crippen molar-refractivity contribution < 1.29 is 13.2 Å². The molecule has 9 heteroatoms. The van der Waals surface area contributed by atoms with Gasteiger partial charge in [0.2, 0.25) is 5.91 Å². The molecule has 0 saturated heterocycles. The van der Waals surface area contributed by atoms with Gasteiger partial charge in [-0.25, -0.2) is 17.8 Å². The number of hydrogen-bond acceptors (Lipinski definition) is 5. The lowest BCUT2D eigenvalue weighted by molar-refractivity contribution is -0.129. The average molecular weight is 359 g/mol. The highest BCUT2D eigenvalue weighted by molar-refractivity contribution is 7.92. The van der Waals surface area contributed by atoms with Gasteiger partial charge in [-0.2, -0.15) is 4.98 Å². The molecular weight excluding hydrogens is 342 g/mol. The molecule has 0 aliphatic heterocycles. The number of carbonyl (C=O) groups is 1. The van der Waals surface area contributed by atoms with Crippen molar-refractivity contribution in [3.8, 4) is 0 Å². The van der Waals surface area contributed by atoms with Crippen molar-refractivity contribution >= 4 is 32.7 Å². The Bertz CT molecular complexity index is 1030. The molecule has 0 radical (unpaired) electrons. The van der Waals surface area contributed by atoms with Crippen LogP contribution in [0.15, 0.2) is 53.7 Å². The highest BCUT2D eigenvalue weighted by Crippen LogP contribution is 2.20. The Kier molecular flexibility index (Phi) is 4.41. The van der Waals surface area contributed by atoms with Crippen molar-refractivity contribution in [1.29, 1.82) is 0 Å². The van der Waals surface area contributed by atoms with E-state index in [-0.39, 0.29) is 23.3 Å². The van der Waals surface area contributed by atoms with Crippen molar-refractivity contribution in [1.82, 2.24) is 19.7 Å². The fourth-order valence-electron chi connectivity index (χ4n) is 2.21. The summed E-state index contributed by atoms with van der Waals surface area (Å²) in [5, 5.41) is 5.74. The van der Waals surface area contributed by atoms with Gasteiger partial charge in [0.1, 0.15) is 12.9 Å². The number of aromatic nitrogens is 3. The number of benzene rings is 2. The van der Waals surface area contributed by atoms with Crippen LogP contribution in [0.2, 0.25) is 0 Å². The maximum atomic E-state index is 12.5. The fraction of sp³-hybridized carbons (Fsp3) is 0.188. The average Bonchev–Trinajstić information content (AvgIpc) is 3.00. The maximum absolute atomic E-state index is 12.5. The summed E-state index contributed by atoms with van der Waals surface area (Å²) >= 11 is 0. The molecular formula is C16H17N5O3S. The monoisotopic (exact) mass is 359 g/mol. The molecule has 3 rings (SSSR count). The van der Waals surface area contributed by atoms with Gasteiger partial charge in [-0.05, 0) is 22.9 Å². The number of anilines is 1. The Morgan fingerprint density at radius 3 is 2.60 bits per heavy atom. The van der Waals surface area contributed by atoms with E-state index < -0.39 is 10.0 Å². The van der Waals surface area contributed by atoms with E-state index in [1.54, 1.807) is 26.2 Å². The Morgan fingerprint density at radius 1 is 1.16 bits per heavy atom. The number of fused-ring (bicyclic) bond motifs is 1. The number of rotatable bonds is 5. The van der Waals surface area contributed by atoms with Gasteiger partial charge in [-0.3, -0.25) is 4.79 Å². The number of hydrogen-bond donors (Lipinski definition) is 1. The number of carbonyl (C=O) groups excluding carboxylic acids is 1. The van der Waals surface area contributed by atoms with E-state index in [4.69, 9.17) is 0 Å². The topological polar surface area (TPSA) is 97.2 Å². The number of nitrogens with zero attached hydrogens (tertiary/aromatic N) is 4. The van der Waals surface area contributed by atoms with Crippen molar-refractivity contribution in [2.24, 2.45) is 0 Å². The zero-order valence-electron chi connectivity index (χ0n) is 13.7. The molecule has 0 atom stereocenters. The first-order valence-electron chi connectivity index (χ1n) is 7.46. The molecule has 3 aromatic rings. The smallest absolute Gasteiger partial charge is 0.264 e. The summed E-state index contributed by atoms with van der Waals surface area (Å²) in [5.74, 6) is -0.256. The minimum atomic E-state index is -3.82. The predicted molar refractivity (Wildman–Crippen MR) is 93.5 cm³/mol. The SMILES string of the molecule is CN(C)C(=O)Cn1cnc(NS(=O)(=O)c2ccc3ccccc3c2)n1.